The molecule has 25 heavy (non-hydrogen) atoms. The number of anilines is 1. The number of piperazine rings is 1. The van der Waals surface area contributed by atoms with Crippen molar-refractivity contribution in [3.63, 3.8) is 0 Å². The predicted molar refractivity (Wildman–Crippen MR) is 102 cm³/mol. The molecule has 0 aliphatic carbocycles. The first kappa shape index (κ1) is 17.9. The molecule has 0 aromatic heterocycles. The summed E-state index contributed by atoms with van der Waals surface area (Å²) >= 11 is 12.1. The van der Waals surface area contributed by atoms with Crippen molar-refractivity contribution in [1.82, 2.24) is 4.90 Å². The summed E-state index contributed by atoms with van der Waals surface area (Å²) in [5, 5.41) is 1.38. The molecule has 1 heterocycles. The molecule has 2 aromatic carbocycles. The van der Waals surface area contributed by atoms with Gasteiger partial charge in [0.25, 0.3) is 5.91 Å². The Kier molecular flexibility index (Phi) is 5.71. The van der Waals surface area contributed by atoms with E-state index in [4.69, 9.17) is 27.9 Å². The van der Waals surface area contributed by atoms with E-state index in [9.17, 15) is 4.79 Å². The third-order valence-corrected chi connectivity index (χ3v) is 4.83. The van der Waals surface area contributed by atoms with Crippen molar-refractivity contribution in [2.24, 2.45) is 0 Å². The Balaban J connectivity index is 1.56. The fraction of sp³-hybridized carbons (Fsp3) is 0.316. The molecule has 3 rings (SSSR count). The number of para-hydroxylation sites is 1. The Morgan fingerprint density at radius 2 is 1.64 bits per heavy atom. The average molecular weight is 379 g/mol. The first-order chi connectivity index (χ1) is 12.0. The first-order valence-electron chi connectivity index (χ1n) is 8.25. The molecule has 0 bridgehead atoms. The molecule has 0 saturated carbocycles. The van der Waals surface area contributed by atoms with Gasteiger partial charge in [-0.1, -0.05) is 35.3 Å². The van der Waals surface area contributed by atoms with Gasteiger partial charge < -0.3 is 14.5 Å². The number of hydrogen-bond donors (Lipinski definition) is 0. The van der Waals surface area contributed by atoms with Crippen LogP contribution in [0.5, 0.6) is 5.75 Å². The molecular formula is C19H20Cl2N2O2. The number of hydrogen-bond acceptors (Lipinski definition) is 3. The zero-order valence-corrected chi connectivity index (χ0v) is 15.5. The smallest absolute Gasteiger partial charge is 0.263 e. The number of halogens is 2. The van der Waals surface area contributed by atoms with Crippen LogP contribution in [0.2, 0.25) is 10.0 Å². The van der Waals surface area contributed by atoms with Crippen LogP contribution in [-0.2, 0) is 4.79 Å². The predicted octanol–water partition coefficient (Wildman–Crippen LogP) is 4.11. The Labute approximate surface area is 157 Å². The van der Waals surface area contributed by atoms with Crippen molar-refractivity contribution in [3.8, 4) is 5.75 Å². The minimum Gasteiger partial charge on any atom is -0.481 e. The van der Waals surface area contributed by atoms with E-state index in [1.165, 1.54) is 0 Å². The minimum atomic E-state index is -0.534. The monoisotopic (exact) mass is 378 g/mol. The highest BCUT2D eigenvalue weighted by Gasteiger charge is 2.26. The molecule has 0 radical (unpaired) electrons. The number of rotatable bonds is 4. The van der Waals surface area contributed by atoms with Gasteiger partial charge >= 0.3 is 0 Å². The fourth-order valence-corrected chi connectivity index (χ4v) is 3.28. The summed E-state index contributed by atoms with van der Waals surface area (Å²) in [4.78, 5) is 16.7. The lowest BCUT2D eigenvalue weighted by molar-refractivity contribution is -0.138. The van der Waals surface area contributed by atoms with Gasteiger partial charge in [-0.05, 0) is 43.3 Å². The molecule has 132 valence electrons. The molecule has 1 aliphatic rings. The summed E-state index contributed by atoms with van der Waals surface area (Å²) in [6, 6.07) is 14.8. The van der Waals surface area contributed by atoms with Crippen molar-refractivity contribution in [2.75, 3.05) is 31.1 Å². The van der Waals surface area contributed by atoms with E-state index in [0.29, 0.717) is 23.9 Å². The van der Waals surface area contributed by atoms with Crippen molar-refractivity contribution in [1.29, 1.82) is 0 Å². The fourth-order valence-electron chi connectivity index (χ4n) is 2.90. The van der Waals surface area contributed by atoms with Crippen LogP contribution in [-0.4, -0.2) is 43.1 Å². The highest BCUT2D eigenvalue weighted by molar-refractivity contribution is 6.33. The lowest BCUT2D eigenvalue weighted by Crippen LogP contribution is -2.52. The minimum absolute atomic E-state index is 0.00578. The highest BCUT2D eigenvalue weighted by atomic mass is 35.5. The lowest BCUT2D eigenvalue weighted by Gasteiger charge is -2.37. The summed E-state index contributed by atoms with van der Waals surface area (Å²) < 4.78 is 5.73. The van der Waals surface area contributed by atoms with Gasteiger partial charge in [-0.25, -0.2) is 0 Å². The van der Waals surface area contributed by atoms with E-state index in [2.05, 4.69) is 4.90 Å². The molecule has 4 nitrogen and oxygen atoms in total. The van der Waals surface area contributed by atoms with Gasteiger partial charge in [0.2, 0.25) is 0 Å². The van der Waals surface area contributed by atoms with Crippen molar-refractivity contribution in [3.05, 3.63) is 58.6 Å². The maximum absolute atomic E-state index is 12.6. The number of nitrogens with zero attached hydrogens (tertiary/aromatic N) is 2. The highest BCUT2D eigenvalue weighted by Crippen LogP contribution is 2.26. The van der Waals surface area contributed by atoms with Crippen LogP contribution in [0.15, 0.2) is 48.5 Å². The number of benzene rings is 2. The second-order valence-corrected chi connectivity index (χ2v) is 6.82. The van der Waals surface area contributed by atoms with Crippen LogP contribution in [0.25, 0.3) is 0 Å². The molecule has 0 spiro atoms. The summed E-state index contributed by atoms with van der Waals surface area (Å²) in [5.74, 6) is 0.633. The van der Waals surface area contributed by atoms with Crippen molar-refractivity contribution in [2.45, 2.75) is 13.0 Å². The van der Waals surface area contributed by atoms with Gasteiger partial charge in [0, 0.05) is 31.2 Å². The van der Waals surface area contributed by atoms with Gasteiger partial charge in [-0.3, -0.25) is 4.79 Å². The molecule has 1 amide bonds. The van der Waals surface area contributed by atoms with E-state index < -0.39 is 6.10 Å². The molecule has 1 fully saturated rings. The number of ether oxygens (including phenoxy) is 1. The first-order valence-corrected chi connectivity index (χ1v) is 9.00. The standard InChI is InChI=1S/C19H20Cl2N2O2/c1-14(25-16-8-6-15(20)7-9-16)19(24)23-12-10-22(11-13-23)18-5-3-2-4-17(18)21/h2-9,14H,10-13H2,1H3/t14-/m0/s1. The normalized spacial score (nSPS) is 15.8. The van der Waals surface area contributed by atoms with E-state index in [1.54, 1.807) is 31.2 Å². The van der Waals surface area contributed by atoms with Crippen LogP contribution in [0.1, 0.15) is 6.92 Å². The van der Waals surface area contributed by atoms with Gasteiger partial charge in [-0.15, -0.1) is 0 Å². The van der Waals surface area contributed by atoms with Gasteiger partial charge in [0.05, 0.1) is 10.7 Å². The zero-order chi connectivity index (χ0) is 17.8. The summed E-state index contributed by atoms with van der Waals surface area (Å²) in [5.41, 5.74) is 1.02. The summed E-state index contributed by atoms with van der Waals surface area (Å²) in [6.07, 6.45) is -0.534. The second kappa shape index (κ2) is 7.98. The molecule has 1 saturated heterocycles. The second-order valence-electron chi connectivity index (χ2n) is 5.98. The molecule has 2 aromatic rings. The van der Waals surface area contributed by atoms with E-state index in [0.717, 1.165) is 23.8 Å². The third-order valence-electron chi connectivity index (χ3n) is 4.26. The van der Waals surface area contributed by atoms with Gasteiger partial charge in [-0.2, -0.15) is 0 Å². The summed E-state index contributed by atoms with van der Waals surface area (Å²) in [7, 11) is 0. The Bertz CT molecular complexity index is 728. The molecule has 0 N–H and O–H groups in total. The van der Waals surface area contributed by atoms with E-state index in [1.807, 2.05) is 29.2 Å². The van der Waals surface area contributed by atoms with Crippen LogP contribution < -0.4 is 9.64 Å². The molecule has 1 aliphatic heterocycles. The summed E-state index contributed by atoms with van der Waals surface area (Å²) in [6.45, 7) is 4.58. The Morgan fingerprint density at radius 3 is 2.28 bits per heavy atom. The van der Waals surface area contributed by atoms with Crippen LogP contribution in [0.3, 0.4) is 0 Å². The topological polar surface area (TPSA) is 32.8 Å². The SMILES string of the molecule is C[C@H](Oc1ccc(Cl)cc1)C(=O)N1CCN(c2ccccc2Cl)CC1. The Morgan fingerprint density at radius 1 is 1.00 bits per heavy atom. The van der Waals surface area contributed by atoms with E-state index >= 15 is 0 Å². The molecule has 0 unspecified atom stereocenters. The van der Waals surface area contributed by atoms with E-state index in [-0.39, 0.29) is 5.91 Å². The molecular weight excluding hydrogens is 359 g/mol. The largest absolute Gasteiger partial charge is 0.481 e. The lowest BCUT2D eigenvalue weighted by atomic mass is 10.2. The number of carbonyl (C=O) groups excluding carboxylic acids is 1. The van der Waals surface area contributed by atoms with Crippen LogP contribution in [0.4, 0.5) is 5.69 Å². The van der Waals surface area contributed by atoms with Gasteiger partial charge in [0.1, 0.15) is 5.75 Å². The zero-order valence-electron chi connectivity index (χ0n) is 14.0. The molecule has 6 heteroatoms. The Hall–Kier alpha value is -1.91. The molecule has 1 atom stereocenters. The maximum atomic E-state index is 12.6. The van der Waals surface area contributed by atoms with Crippen molar-refractivity contribution >= 4 is 34.8 Å². The quantitative estimate of drug-likeness (QED) is 0.802. The van der Waals surface area contributed by atoms with Crippen LogP contribution in [0, 0.1) is 0 Å². The average Bonchev–Trinajstić information content (AvgIpc) is 2.63. The van der Waals surface area contributed by atoms with Gasteiger partial charge in [0.15, 0.2) is 6.10 Å². The number of carbonyl (C=O) groups is 1. The number of amides is 1. The van der Waals surface area contributed by atoms with Crippen molar-refractivity contribution < 1.29 is 9.53 Å². The maximum Gasteiger partial charge on any atom is 0.263 e. The van der Waals surface area contributed by atoms with Crippen LogP contribution >= 0.6 is 23.2 Å². The third kappa shape index (κ3) is 4.39.